The quantitative estimate of drug-likeness (QED) is 0.712. The van der Waals surface area contributed by atoms with Gasteiger partial charge >= 0.3 is 0 Å². The molecule has 1 aliphatic rings. The van der Waals surface area contributed by atoms with E-state index in [0.29, 0.717) is 18.5 Å². The van der Waals surface area contributed by atoms with Crippen molar-refractivity contribution in [1.82, 2.24) is 9.62 Å². The Labute approximate surface area is 125 Å². The highest BCUT2D eigenvalue weighted by Gasteiger charge is 2.25. The molecule has 1 fully saturated rings. The minimum absolute atomic E-state index is 0.558. The number of hydrogen-bond acceptors (Lipinski definition) is 3. The molecule has 0 saturated carbocycles. The molecule has 5 heteroatoms. The number of nitrogens with one attached hydrogen (secondary N) is 1. The van der Waals surface area contributed by atoms with E-state index in [9.17, 15) is 8.42 Å². The smallest absolute Gasteiger partial charge is 0.211 e. The minimum Gasteiger partial charge on any atom is -0.314 e. The van der Waals surface area contributed by atoms with E-state index in [1.54, 1.807) is 4.31 Å². The molecule has 1 heterocycles. The van der Waals surface area contributed by atoms with Gasteiger partial charge in [0.2, 0.25) is 10.0 Å². The Kier molecular flexibility index (Phi) is 8.07. The summed E-state index contributed by atoms with van der Waals surface area (Å²) in [5, 5.41) is 3.55. The lowest BCUT2D eigenvalue weighted by Crippen LogP contribution is -2.39. The highest BCUT2D eigenvalue weighted by Crippen LogP contribution is 2.23. The Morgan fingerprint density at radius 1 is 1.30 bits per heavy atom. The summed E-state index contributed by atoms with van der Waals surface area (Å²) in [5.41, 5.74) is 0. The van der Waals surface area contributed by atoms with Crippen LogP contribution in [0.4, 0.5) is 0 Å². The summed E-state index contributed by atoms with van der Waals surface area (Å²) in [4.78, 5) is 0. The molecule has 2 atom stereocenters. The highest BCUT2D eigenvalue weighted by atomic mass is 32.2. The first-order valence-electron chi connectivity index (χ1n) is 8.15. The van der Waals surface area contributed by atoms with E-state index >= 15 is 0 Å². The summed E-state index contributed by atoms with van der Waals surface area (Å²) in [5.74, 6) is 0.558. The second-order valence-corrected chi connectivity index (χ2v) is 8.09. The van der Waals surface area contributed by atoms with Crippen LogP contribution in [0.5, 0.6) is 0 Å². The van der Waals surface area contributed by atoms with E-state index in [0.717, 1.165) is 25.9 Å². The number of nitrogens with zero attached hydrogens (tertiary/aromatic N) is 1. The fourth-order valence-corrected chi connectivity index (χ4v) is 4.14. The van der Waals surface area contributed by atoms with Crippen LogP contribution in [0.2, 0.25) is 0 Å². The Hall–Kier alpha value is -0.130. The predicted octanol–water partition coefficient (Wildman–Crippen LogP) is 2.61. The van der Waals surface area contributed by atoms with Crippen LogP contribution >= 0.6 is 0 Å². The van der Waals surface area contributed by atoms with Crippen molar-refractivity contribution in [2.45, 2.75) is 64.8 Å². The molecule has 0 amide bonds. The van der Waals surface area contributed by atoms with Crippen LogP contribution in [-0.4, -0.2) is 44.7 Å². The van der Waals surface area contributed by atoms with Crippen LogP contribution < -0.4 is 5.32 Å². The summed E-state index contributed by atoms with van der Waals surface area (Å²) in [6.45, 7) is 6.88. The number of sulfonamides is 1. The third-order valence-corrected chi connectivity index (χ3v) is 5.52. The molecule has 1 rings (SSSR count). The Balaban J connectivity index is 2.30. The molecule has 1 saturated heterocycles. The van der Waals surface area contributed by atoms with Crippen LogP contribution in [0.15, 0.2) is 0 Å². The first-order valence-corrected chi connectivity index (χ1v) is 10.0. The van der Waals surface area contributed by atoms with E-state index in [4.69, 9.17) is 0 Å². The maximum atomic E-state index is 11.6. The molecule has 2 unspecified atom stereocenters. The lowest BCUT2D eigenvalue weighted by atomic mass is 9.92. The molecule has 0 spiro atoms. The van der Waals surface area contributed by atoms with Gasteiger partial charge in [-0.15, -0.1) is 0 Å². The van der Waals surface area contributed by atoms with E-state index in [2.05, 4.69) is 19.2 Å². The highest BCUT2D eigenvalue weighted by molar-refractivity contribution is 7.88. The van der Waals surface area contributed by atoms with Gasteiger partial charge in [-0.1, -0.05) is 26.7 Å². The van der Waals surface area contributed by atoms with Crippen LogP contribution in [0.3, 0.4) is 0 Å². The molecule has 1 aliphatic heterocycles. The molecular formula is C15H32N2O2S. The molecule has 0 aromatic rings. The number of piperidine rings is 1. The predicted molar refractivity (Wildman–Crippen MR) is 85.4 cm³/mol. The van der Waals surface area contributed by atoms with Gasteiger partial charge in [-0.05, 0) is 44.6 Å². The van der Waals surface area contributed by atoms with Crippen molar-refractivity contribution in [2.75, 3.05) is 25.9 Å². The zero-order valence-corrected chi connectivity index (χ0v) is 14.2. The van der Waals surface area contributed by atoms with Gasteiger partial charge in [0, 0.05) is 19.1 Å². The lowest BCUT2D eigenvalue weighted by Gasteiger charge is -2.31. The van der Waals surface area contributed by atoms with Gasteiger partial charge in [0.05, 0.1) is 6.26 Å². The average Bonchev–Trinajstić information content (AvgIpc) is 2.38. The SMILES string of the molecule is CCCC(CCCC1CCCN(S(C)(=O)=O)C1)NCC. The largest absolute Gasteiger partial charge is 0.314 e. The van der Waals surface area contributed by atoms with E-state index < -0.39 is 10.0 Å². The molecular weight excluding hydrogens is 272 g/mol. The van der Waals surface area contributed by atoms with Gasteiger partial charge in [0.15, 0.2) is 0 Å². The lowest BCUT2D eigenvalue weighted by molar-refractivity contribution is 0.249. The maximum Gasteiger partial charge on any atom is 0.211 e. The molecule has 0 radical (unpaired) electrons. The fraction of sp³-hybridized carbons (Fsp3) is 1.00. The first kappa shape index (κ1) is 17.9. The zero-order valence-electron chi connectivity index (χ0n) is 13.4. The summed E-state index contributed by atoms with van der Waals surface area (Å²) in [6.07, 6.45) is 9.60. The third-order valence-electron chi connectivity index (χ3n) is 4.25. The van der Waals surface area contributed by atoms with E-state index in [1.807, 2.05) is 0 Å². The topological polar surface area (TPSA) is 49.4 Å². The van der Waals surface area contributed by atoms with Crippen molar-refractivity contribution in [3.63, 3.8) is 0 Å². The van der Waals surface area contributed by atoms with E-state index in [1.165, 1.54) is 38.4 Å². The van der Waals surface area contributed by atoms with Crippen molar-refractivity contribution in [2.24, 2.45) is 5.92 Å². The van der Waals surface area contributed by atoms with Gasteiger partial charge in [-0.25, -0.2) is 12.7 Å². The summed E-state index contributed by atoms with van der Waals surface area (Å²) >= 11 is 0. The molecule has 0 aromatic carbocycles. The molecule has 0 aliphatic carbocycles. The van der Waals surface area contributed by atoms with Crippen LogP contribution in [0, 0.1) is 5.92 Å². The Bertz CT molecular complexity index is 351. The second-order valence-electron chi connectivity index (χ2n) is 6.10. The van der Waals surface area contributed by atoms with Gasteiger partial charge in [0.1, 0.15) is 0 Å². The zero-order chi connectivity index (χ0) is 15.0. The minimum atomic E-state index is -3.00. The van der Waals surface area contributed by atoms with Gasteiger partial charge in [0.25, 0.3) is 0 Å². The summed E-state index contributed by atoms with van der Waals surface area (Å²) in [7, 11) is -3.00. The monoisotopic (exact) mass is 304 g/mol. The standard InChI is InChI=1S/C15H32N2O2S/c1-4-8-15(16-5-2)11-6-9-14-10-7-12-17(13-14)20(3,18)19/h14-16H,4-13H2,1-3H3. The molecule has 4 nitrogen and oxygen atoms in total. The van der Waals surface area contributed by atoms with Gasteiger partial charge < -0.3 is 5.32 Å². The summed E-state index contributed by atoms with van der Waals surface area (Å²) < 4.78 is 24.9. The van der Waals surface area contributed by atoms with Crippen LogP contribution in [0.25, 0.3) is 0 Å². The van der Waals surface area contributed by atoms with Crippen molar-refractivity contribution < 1.29 is 8.42 Å². The third kappa shape index (κ3) is 6.55. The molecule has 1 N–H and O–H groups in total. The molecule has 20 heavy (non-hydrogen) atoms. The van der Waals surface area contributed by atoms with Crippen LogP contribution in [-0.2, 0) is 10.0 Å². The van der Waals surface area contributed by atoms with Crippen molar-refractivity contribution >= 4 is 10.0 Å². The van der Waals surface area contributed by atoms with Gasteiger partial charge in [-0.3, -0.25) is 0 Å². The second kappa shape index (κ2) is 9.00. The number of rotatable bonds is 9. The van der Waals surface area contributed by atoms with Crippen molar-refractivity contribution in [3.8, 4) is 0 Å². The van der Waals surface area contributed by atoms with Crippen LogP contribution in [0.1, 0.15) is 58.8 Å². The normalized spacial score (nSPS) is 22.9. The fourth-order valence-electron chi connectivity index (χ4n) is 3.20. The Morgan fingerprint density at radius 2 is 2.05 bits per heavy atom. The average molecular weight is 305 g/mol. The Morgan fingerprint density at radius 3 is 2.65 bits per heavy atom. The first-order chi connectivity index (χ1) is 9.47. The molecule has 120 valence electrons. The molecule has 0 aromatic heterocycles. The molecule has 0 bridgehead atoms. The maximum absolute atomic E-state index is 11.6. The van der Waals surface area contributed by atoms with Crippen molar-refractivity contribution in [1.29, 1.82) is 0 Å². The summed E-state index contributed by atoms with van der Waals surface area (Å²) in [6, 6.07) is 0.639. The van der Waals surface area contributed by atoms with Gasteiger partial charge in [-0.2, -0.15) is 0 Å². The van der Waals surface area contributed by atoms with E-state index in [-0.39, 0.29) is 0 Å². The van der Waals surface area contributed by atoms with Crippen molar-refractivity contribution in [3.05, 3.63) is 0 Å². The number of hydrogen-bond donors (Lipinski definition) is 1.